The molecular formula is C32H44N4O. The van der Waals surface area contributed by atoms with Crippen LogP contribution in [-0.2, 0) is 4.79 Å². The fourth-order valence-corrected chi connectivity index (χ4v) is 6.35. The van der Waals surface area contributed by atoms with Crippen molar-refractivity contribution in [3.63, 3.8) is 0 Å². The molecule has 1 saturated heterocycles. The second-order valence-corrected chi connectivity index (χ2v) is 11.2. The van der Waals surface area contributed by atoms with Gasteiger partial charge in [0.1, 0.15) is 6.04 Å². The Hall–Kier alpha value is -2.82. The Morgan fingerprint density at radius 2 is 1.30 bits per heavy atom. The molecule has 0 radical (unpaired) electrons. The molecule has 3 fully saturated rings. The van der Waals surface area contributed by atoms with E-state index < -0.39 is 0 Å². The average molecular weight is 501 g/mol. The van der Waals surface area contributed by atoms with Crippen LogP contribution in [0.1, 0.15) is 101 Å². The molecule has 37 heavy (non-hydrogen) atoms. The first-order valence-electron chi connectivity index (χ1n) is 14.8. The van der Waals surface area contributed by atoms with Crippen LogP contribution in [0.5, 0.6) is 0 Å². The van der Waals surface area contributed by atoms with Gasteiger partial charge >= 0.3 is 0 Å². The first-order valence-corrected chi connectivity index (χ1v) is 14.8. The summed E-state index contributed by atoms with van der Waals surface area (Å²) in [5, 5.41) is 7.32. The molecule has 2 aliphatic carbocycles. The molecule has 1 aliphatic heterocycles. The highest BCUT2D eigenvalue weighted by Gasteiger charge is 2.34. The summed E-state index contributed by atoms with van der Waals surface area (Å²) in [6.45, 7) is 0.894. The van der Waals surface area contributed by atoms with Gasteiger partial charge in [0.15, 0.2) is 5.96 Å². The fourth-order valence-electron chi connectivity index (χ4n) is 6.35. The summed E-state index contributed by atoms with van der Waals surface area (Å²) in [6.07, 6.45) is 15.6. The second-order valence-electron chi connectivity index (χ2n) is 11.2. The van der Waals surface area contributed by atoms with Crippen LogP contribution in [0.2, 0.25) is 0 Å². The Morgan fingerprint density at radius 3 is 1.92 bits per heavy atom. The fraction of sp³-hybridized carbons (Fsp3) is 0.562. The lowest BCUT2D eigenvalue weighted by Crippen LogP contribution is -2.57. The number of hydrogen-bond acceptors (Lipinski definition) is 2. The number of carbonyl (C=O) groups is 1. The average Bonchev–Trinajstić information content (AvgIpc) is 2.97. The van der Waals surface area contributed by atoms with Crippen molar-refractivity contribution in [1.82, 2.24) is 15.5 Å². The van der Waals surface area contributed by atoms with E-state index in [1.807, 2.05) is 36.4 Å². The topological polar surface area (TPSA) is 56.7 Å². The number of guanidine groups is 1. The number of likely N-dealkylation sites (tertiary alicyclic amines) is 1. The minimum atomic E-state index is -0.192. The summed E-state index contributed by atoms with van der Waals surface area (Å²) in [6, 6.07) is 21.2. The van der Waals surface area contributed by atoms with Gasteiger partial charge in [0, 0.05) is 12.6 Å². The molecule has 2 aromatic rings. The molecule has 0 bridgehead atoms. The minimum absolute atomic E-state index is 0.110. The van der Waals surface area contributed by atoms with Crippen LogP contribution in [0.25, 0.3) is 0 Å². The van der Waals surface area contributed by atoms with Crippen LogP contribution in [0.3, 0.4) is 0 Å². The van der Waals surface area contributed by atoms with E-state index in [-0.39, 0.29) is 18.0 Å². The van der Waals surface area contributed by atoms with Crippen LogP contribution in [-0.4, -0.2) is 41.4 Å². The predicted octanol–water partition coefficient (Wildman–Crippen LogP) is 6.36. The van der Waals surface area contributed by atoms with Crippen molar-refractivity contribution in [2.45, 2.75) is 108 Å². The van der Waals surface area contributed by atoms with E-state index in [0.29, 0.717) is 12.1 Å². The highest BCUT2D eigenvalue weighted by molar-refractivity contribution is 5.90. The zero-order valence-electron chi connectivity index (χ0n) is 22.3. The van der Waals surface area contributed by atoms with Crippen molar-refractivity contribution < 1.29 is 4.79 Å². The summed E-state index contributed by atoms with van der Waals surface area (Å²) in [4.78, 5) is 21.7. The van der Waals surface area contributed by atoms with E-state index in [2.05, 4.69) is 39.8 Å². The third-order valence-electron chi connectivity index (χ3n) is 8.45. The molecule has 1 amide bonds. The van der Waals surface area contributed by atoms with Gasteiger partial charge in [0.25, 0.3) is 0 Å². The largest absolute Gasteiger partial charge is 0.353 e. The summed E-state index contributed by atoms with van der Waals surface area (Å²) in [5.74, 6) is 1.11. The maximum absolute atomic E-state index is 14.0. The first-order chi connectivity index (χ1) is 18.3. The molecule has 198 valence electrons. The highest BCUT2D eigenvalue weighted by atomic mass is 16.2. The first kappa shape index (κ1) is 25.8. The van der Waals surface area contributed by atoms with Crippen molar-refractivity contribution in [3.05, 3.63) is 71.8 Å². The number of piperidine rings is 1. The maximum Gasteiger partial charge on any atom is 0.243 e. The standard InChI is InChI=1S/C32H44N4O/c37-31(35-30(25-15-5-1-6-16-25)26-17-7-2-8-18-26)29-23-13-14-24-36(29)32(33-27-19-9-3-10-20-27)34-28-21-11-4-12-22-28/h1-2,5-8,15-18,27-30H,3-4,9-14,19-24H2,(H,33,34)(H,35,37)/t29-/m0/s1. The van der Waals surface area contributed by atoms with Gasteiger partial charge in [-0.1, -0.05) is 99.2 Å². The molecule has 5 nitrogen and oxygen atoms in total. The quantitative estimate of drug-likeness (QED) is 0.359. The highest BCUT2D eigenvalue weighted by Crippen LogP contribution is 2.26. The molecule has 0 aromatic heterocycles. The van der Waals surface area contributed by atoms with Crippen LogP contribution in [0.15, 0.2) is 65.7 Å². The lowest BCUT2D eigenvalue weighted by Gasteiger charge is -2.40. The monoisotopic (exact) mass is 500 g/mol. The number of nitrogens with zero attached hydrogens (tertiary/aromatic N) is 2. The van der Waals surface area contributed by atoms with E-state index in [1.54, 1.807) is 0 Å². The van der Waals surface area contributed by atoms with E-state index >= 15 is 0 Å². The van der Waals surface area contributed by atoms with Gasteiger partial charge in [-0.2, -0.15) is 0 Å². The van der Waals surface area contributed by atoms with Crippen LogP contribution in [0, 0.1) is 0 Å². The molecule has 2 N–H and O–H groups in total. The van der Waals surface area contributed by atoms with Crippen molar-refractivity contribution in [2.75, 3.05) is 6.54 Å². The molecule has 1 atom stereocenters. The molecule has 5 rings (SSSR count). The third-order valence-corrected chi connectivity index (χ3v) is 8.45. The van der Waals surface area contributed by atoms with Crippen LogP contribution < -0.4 is 10.6 Å². The van der Waals surface area contributed by atoms with Gasteiger partial charge in [-0.25, -0.2) is 4.99 Å². The summed E-state index contributed by atoms with van der Waals surface area (Å²) >= 11 is 0. The number of benzene rings is 2. The molecule has 3 aliphatic rings. The number of hydrogen-bond donors (Lipinski definition) is 2. The number of rotatable bonds is 6. The van der Waals surface area contributed by atoms with Crippen molar-refractivity contribution in [3.8, 4) is 0 Å². The minimum Gasteiger partial charge on any atom is -0.353 e. The Kier molecular flexibility index (Phi) is 9.15. The Morgan fingerprint density at radius 1 is 0.730 bits per heavy atom. The zero-order chi connectivity index (χ0) is 25.3. The molecule has 0 spiro atoms. The SMILES string of the molecule is O=C(NC(c1ccccc1)c1ccccc1)[C@@H]1CCCCN1C(=NC1CCCCC1)NC1CCCCC1. The normalized spacial score (nSPS) is 22.1. The molecule has 1 heterocycles. The van der Waals surface area contributed by atoms with Gasteiger partial charge < -0.3 is 15.5 Å². The van der Waals surface area contributed by atoms with Crippen LogP contribution >= 0.6 is 0 Å². The lowest BCUT2D eigenvalue weighted by atomic mass is 9.94. The van der Waals surface area contributed by atoms with E-state index in [0.717, 1.165) is 42.9 Å². The van der Waals surface area contributed by atoms with Gasteiger partial charge in [0.2, 0.25) is 5.91 Å². The third kappa shape index (κ3) is 6.94. The van der Waals surface area contributed by atoms with E-state index in [4.69, 9.17) is 4.99 Å². The Balaban J connectivity index is 1.39. The van der Waals surface area contributed by atoms with Gasteiger partial charge in [0.05, 0.1) is 12.1 Å². The number of carbonyl (C=O) groups excluding carboxylic acids is 1. The molecule has 5 heteroatoms. The number of amides is 1. The maximum atomic E-state index is 14.0. The van der Waals surface area contributed by atoms with E-state index in [9.17, 15) is 4.79 Å². The summed E-state index contributed by atoms with van der Waals surface area (Å²) in [7, 11) is 0. The Bertz CT molecular complexity index is 956. The van der Waals surface area contributed by atoms with Gasteiger partial charge in [-0.05, 0) is 56.1 Å². The van der Waals surface area contributed by atoms with Gasteiger partial charge in [-0.15, -0.1) is 0 Å². The smallest absolute Gasteiger partial charge is 0.243 e. The lowest BCUT2D eigenvalue weighted by molar-refractivity contribution is -0.126. The molecule has 2 saturated carbocycles. The van der Waals surface area contributed by atoms with Crippen molar-refractivity contribution >= 4 is 11.9 Å². The Labute approximate surface area is 223 Å². The number of aliphatic imine (C=N–C) groups is 1. The van der Waals surface area contributed by atoms with Gasteiger partial charge in [-0.3, -0.25) is 4.79 Å². The molecule has 0 unspecified atom stereocenters. The predicted molar refractivity (Wildman–Crippen MR) is 152 cm³/mol. The summed E-state index contributed by atoms with van der Waals surface area (Å²) < 4.78 is 0. The van der Waals surface area contributed by atoms with E-state index in [1.165, 1.54) is 64.2 Å². The number of nitrogens with one attached hydrogen (secondary N) is 2. The molecule has 2 aromatic carbocycles. The zero-order valence-corrected chi connectivity index (χ0v) is 22.3. The second kappa shape index (κ2) is 13.1. The van der Waals surface area contributed by atoms with Crippen LogP contribution in [0.4, 0.5) is 0 Å². The summed E-state index contributed by atoms with van der Waals surface area (Å²) in [5.41, 5.74) is 2.22. The van der Waals surface area contributed by atoms with Crippen molar-refractivity contribution in [2.24, 2.45) is 4.99 Å². The molecular weight excluding hydrogens is 456 g/mol. The van der Waals surface area contributed by atoms with Crippen molar-refractivity contribution in [1.29, 1.82) is 0 Å².